The van der Waals surface area contributed by atoms with Crippen LogP contribution in [-0.2, 0) is 4.74 Å². The molecule has 17 heavy (non-hydrogen) atoms. The van der Waals surface area contributed by atoms with Gasteiger partial charge in [0.25, 0.3) is 6.43 Å². The third-order valence-corrected chi connectivity index (χ3v) is 1.95. The Morgan fingerprint density at radius 2 is 2.35 bits per heavy atom. The van der Waals surface area contributed by atoms with Crippen molar-refractivity contribution in [1.29, 1.82) is 5.26 Å². The average Bonchev–Trinajstić information content (AvgIpc) is 2.27. The second-order valence-corrected chi connectivity index (χ2v) is 2.98. The molecule has 7 heteroatoms. The van der Waals surface area contributed by atoms with Gasteiger partial charge in [0.1, 0.15) is 17.3 Å². The van der Waals surface area contributed by atoms with Crippen molar-refractivity contribution in [2.75, 3.05) is 12.3 Å². The van der Waals surface area contributed by atoms with E-state index in [2.05, 4.69) is 9.72 Å². The number of hydrogen-bond acceptors (Lipinski definition) is 5. The molecule has 0 saturated heterocycles. The van der Waals surface area contributed by atoms with E-state index in [9.17, 15) is 13.6 Å². The van der Waals surface area contributed by atoms with Crippen LogP contribution in [-0.4, -0.2) is 17.6 Å². The first-order valence-electron chi connectivity index (χ1n) is 4.66. The number of halogens is 2. The fourth-order valence-corrected chi connectivity index (χ4v) is 1.22. The zero-order valence-electron chi connectivity index (χ0n) is 8.91. The summed E-state index contributed by atoms with van der Waals surface area (Å²) in [6.45, 7) is 1.60. The maximum Gasteiger partial charge on any atom is 0.341 e. The van der Waals surface area contributed by atoms with Crippen LogP contribution in [0.15, 0.2) is 6.20 Å². The Morgan fingerprint density at radius 1 is 1.71 bits per heavy atom. The van der Waals surface area contributed by atoms with Crippen molar-refractivity contribution in [2.45, 2.75) is 13.3 Å². The Balaban J connectivity index is 3.39. The van der Waals surface area contributed by atoms with E-state index < -0.39 is 23.8 Å². The number of carbonyl (C=O) groups is 1. The maximum atomic E-state index is 12.5. The van der Waals surface area contributed by atoms with Gasteiger partial charge >= 0.3 is 5.97 Å². The highest BCUT2D eigenvalue weighted by molar-refractivity contribution is 5.98. The Morgan fingerprint density at radius 3 is 2.82 bits per heavy atom. The van der Waals surface area contributed by atoms with E-state index in [1.807, 2.05) is 0 Å². The van der Waals surface area contributed by atoms with Crippen LogP contribution in [0.2, 0.25) is 0 Å². The molecule has 1 aromatic rings. The number of nitriles is 1. The summed E-state index contributed by atoms with van der Waals surface area (Å²) in [5, 5.41) is 8.75. The topological polar surface area (TPSA) is 89.0 Å². The monoisotopic (exact) mass is 241 g/mol. The smallest absolute Gasteiger partial charge is 0.341 e. The highest BCUT2D eigenvalue weighted by atomic mass is 19.3. The molecule has 0 radical (unpaired) electrons. The molecule has 0 unspecified atom stereocenters. The van der Waals surface area contributed by atoms with Crippen LogP contribution in [0.4, 0.5) is 14.5 Å². The molecule has 0 aliphatic carbocycles. The van der Waals surface area contributed by atoms with Gasteiger partial charge < -0.3 is 10.5 Å². The largest absolute Gasteiger partial charge is 0.462 e. The number of carbonyl (C=O) groups excluding carboxylic acids is 1. The molecule has 0 aromatic carbocycles. The highest BCUT2D eigenvalue weighted by Gasteiger charge is 2.24. The number of alkyl halides is 2. The van der Waals surface area contributed by atoms with Crippen LogP contribution in [0, 0.1) is 11.3 Å². The minimum atomic E-state index is -2.92. The van der Waals surface area contributed by atoms with Gasteiger partial charge in [0.05, 0.1) is 17.9 Å². The molecular weight excluding hydrogens is 232 g/mol. The third-order valence-electron chi connectivity index (χ3n) is 1.95. The molecule has 1 heterocycles. The molecule has 0 saturated carbocycles. The summed E-state index contributed by atoms with van der Waals surface area (Å²) in [5.41, 5.74) is 3.60. The second kappa shape index (κ2) is 5.21. The molecule has 0 aliphatic rings. The number of rotatable bonds is 3. The molecule has 1 aromatic heterocycles. The number of anilines is 1. The molecule has 0 fully saturated rings. The van der Waals surface area contributed by atoms with E-state index in [4.69, 9.17) is 11.0 Å². The van der Waals surface area contributed by atoms with E-state index in [1.165, 1.54) is 0 Å². The highest BCUT2D eigenvalue weighted by Crippen LogP contribution is 2.27. The molecule has 1 rings (SSSR count). The first-order valence-corrected chi connectivity index (χ1v) is 4.66. The van der Waals surface area contributed by atoms with Crippen LogP contribution in [0.25, 0.3) is 0 Å². The minimum Gasteiger partial charge on any atom is -0.462 e. The van der Waals surface area contributed by atoms with E-state index in [0.717, 1.165) is 6.20 Å². The summed E-state index contributed by atoms with van der Waals surface area (Å²) in [6, 6.07) is 1.65. The number of esters is 1. The van der Waals surface area contributed by atoms with Crippen molar-refractivity contribution in [3.63, 3.8) is 0 Å². The van der Waals surface area contributed by atoms with Crippen molar-refractivity contribution < 1.29 is 18.3 Å². The molecule has 0 spiro atoms. The SMILES string of the molecule is CCOC(=O)c1c(C#N)cnc(C(F)F)c1N. The molecule has 0 bridgehead atoms. The van der Waals surface area contributed by atoms with Crippen LogP contribution >= 0.6 is 0 Å². The van der Waals surface area contributed by atoms with Gasteiger partial charge in [-0.2, -0.15) is 5.26 Å². The summed E-state index contributed by atoms with van der Waals surface area (Å²) >= 11 is 0. The summed E-state index contributed by atoms with van der Waals surface area (Å²) < 4.78 is 29.7. The van der Waals surface area contributed by atoms with Gasteiger partial charge in [-0.05, 0) is 6.92 Å². The molecule has 0 aliphatic heterocycles. The summed E-state index contributed by atoms with van der Waals surface area (Å²) in [5.74, 6) is -0.911. The average molecular weight is 241 g/mol. The molecular formula is C10H9F2N3O2. The zero-order chi connectivity index (χ0) is 13.0. The fraction of sp³-hybridized carbons (Fsp3) is 0.300. The van der Waals surface area contributed by atoms with Crippen LogP contribution in [0.3, 0.4) is 0 Å². The van der Waals surface area contributed by atoms with E-state index in [1.54, 1.807) is 13.0 Å². The number of aromatic nitrogens is 1. The summed E-state index contributed by atoms with van der Waals surface area (Å²) in [7, 11) is 0. The fourth-order valence-electron chi connectivity index (χ4n) is 1.22. The van der Waals surface area contributed by atoms with Gasteiger partial charge in [0.15, 0.2) is 0 Å². The first-order chi connectivity index (χ1) is 8.02. The van der Waals surface area contributed by atoms with Gasteiger partial charge in [-0.15, -0.1) is 0 Å². The Bertz CT molecular complexity index is 483. The number of pyridine rings is 1. The second-order valence-electron chi connectivity index (χ2n) is 2.98. The Hall–Kier alpha value is -2.23. The van der Waals surface area contributed by atoms with Crippen molar-refractivity contribution in [2.24, 2.45) is 0 Å². The standard InChI is InChI=1S/C10H9F2N3O2/c1-2-17-10(16)6-5(3-13)4-15-8(7(6)14)9(11)12/h4,9H,2,14H2,1H3. The van der Waals surface area contributed by atoms with Crippen molar-refractivity contribution in [1.82, 2.24) is 4.98 Å². The zero-order valence-corrected chi connectivity index (χ0v) is 8.91. The molecule has 0 atom stereocenters. The lowest BCUT2D eigenvalue weighted by Crippen LogP contribution is -2.13. The van der Waals surface area contributed by atoms with Crippen molar-refractivity contribution in [3.8, 4) is 6.07 Å². The number of hydrogen-bond donors (Lipinski definition) is 1. The van der Waals surface area contributed by atoms with Crippen molar-refractivity contribution in [3.05, 3.63) is 23.0 Å². The minimum absolute atomic E-state index is 0.0511. The number of nitrogen functional groups attached to an aromatic ring is 1. The van der Waals surface area contributed by atoms with Crippen LogP contribution in [0.1, 0.15) is 35.0 Å². The number of nitrogens with two attached hydrogens (primary N) is 1. The van der Waals surface area contributed by atoms with E-state index >= 15 is 0 Å². The molecule has 5 nitrogen and oxygen atoms in total. The van der Waals surface area contributed by atoms with E-state index in [-0.39, 0.29) is 17.7 Å². The maximum absolute atomic E-state index is 12.5. The van der Waals surface area contributed by atoms with E-state index in [0.29, 0.717) is 0 Å². The Kier molecular flexibility index (Phi) is 3.93. The first kappa shape index (κ1) is 12.8. The lowest BCUT2D eigenvalue weighted by atomic mass is 10.1. The molecule has 2 N–H and O–H groups in total. The van der Waals surface area contributed by atoms with Gasteiger partial charge in [-0.1, -0.05) is 0 Å². The number of nitrogens with zero attached hydrogens (tertiary/aromatic N) is 2. The third kappa shape index (κ3) is 2.47. The van der Waals surface area contributed by atoms with Crippen molar-refractivity contribution >= 4 is 11.7 Å². The lowest BCUT2D eigenvalue weighted by Gasteiger charge is -2.10. The summed E-state index contributed by atoms with van der Waals surface area (Å²) in [4.78, 5) is 14.8. The quantitative estimate of drug-likeness (QED) is 0.812. The predicted octanol–water partition coefficient (Wildman–Crippen LogP) is 1.65. The predicted molar refractivity (Wildman–Crippen MR) is 54.3 cm³/mol. The van der Waals surface area contributed by atoms with Crippen LogP contribution in [0.5, 0.6) is 0 Å². The van der Waals surface area contributed by atoms with Gasteiger partial charge in [-0.25, -0.2) is 13.6 Å². The Labute approximate surface area is 95.8 Å². The summed E-state index contributed by atoms with van der Waals surface area (Å²) in [6.07, 6.45) is -2.04. The van der Waals surface area contributed by atoms with Crippen LogP contribution < -0.4 is 5.73 Å². The van der Waals surface area contributed by atoms with Gasteiger partial charge in [-0.3, -0.25) is 4.98 Å². The number of ether oxygens (including phenoxy) is 1. The van der Waals surface area contributed by atoms with Gasteiger partial charge in [0.2, 0.25) is 0 Å². The lowest BCUT2D eigenvalue weighted by molar-refractivity contribution is 0.0526. The molecule has 0 amide bonds. The molecule has 90 valence electrons. The normalized spacial score (nSPS) is 10.1. The van der Waals surface area contributed by atoms with Gasteiger partial charge in [0, 0.05) is 6.20 Å².